The van der Waals surface area contributed by atoms with Crippen molar-refractivity contribution in [1.82, 2.24) is 5.32 Å². The first-order valence-corrected chi connectivity index (χ1v) is 6.90. The minimum absolute atomic E-state index is 0.256. The molecule has 0 bridgehead atoms. The van der Waals surface area contributed by atoms with Crippen LogP contribution in [-0.4, -0.2) is 12.1 Å². The van der Waals surface area contributed by atoms with Crippen LogP contribution in [0.1, 0.15) is 37.7 Å². The Bertz CT molecular complexity index is 427. The number of nitrogens with one attached hydrogen (secondary N) is 1. The third-order valence-electron chi connectivity index (χ3n) is 4.08. The first-order chi connectivity index (χ1) is 8.30. The van der Waals surface area contributed by atoms with Gasteiger partial charge in [-0.05, 0) is 49.1 Å². The van der Waals surface area contributed by atoms with Crippen LogP contribution in [0.5, 0.6) is 0 Å². The van der Waals surface area contributed by atoms with E-state index in [1.54, 1.807) is 0 Å². The lowest BCUT2D eigenvalue weighted by atomic mass is 9.80. The van der Waals surface area contributed by atoms with E-state index < -0.39 is 0 Å². The summed E-state index contributed by atoms with van der Waals surface area (Å²) < 4.78 is 0. The van der Waals surface area contributed by atoms with Crippen LogP contribution >= 0.6 is 11.6 Å². The van der Waals surface area contributed by atoms with Crippen LogP contribution in [0.15, 0.2) is 30.3 Å². The van der Waals surface area contributed by atoms with Gasteiger partial charge in [-0.15, -0.1) is 0 Å². The molecule has 1 heterocycles. The summed E-state index contributed by atoms with van der Waals surface area (Å²) in [6, 6.07) is 8.30. The van der Waals surface area contributed by atoms with E-state index in [0.29, 0.717) is 0 Å². The monoisotopic (exact) mass is 247 g/mol. The lowest BCUT2D eigenvalue weighted by molar-refractivity contribution is 0.417. The molecule has 0 atom stereocenters. The van der Waals surface area contributed by atoms with Crippen LogP contribution in [0, 0.1) is 0 Å². The van der Waals surface area contributed by atoms with Crippen molar-refractivity contribution in [3.05, 3.63) is 40.9 Å². The highest BCUT2D eigenvalue weighted by molar-refractivity contribution is 6.30. The van der Waals surface area contributed by atoms with Crippen molar-refractivity contribution < 1.29 is 0 Å². The molecule has 1 saturated carbocycles. The molecule has 2 aliphatic rings. The minimum Gasteiger partial charge on any atom is -0.307 e. The van der Waals surface area contributed by atoms with Crippen LogP contribution in [0.4, 0.5) is 0 Å². The summed E-state index contributed by atoms with van der Waals surface area (Å²) in [5.41, 5.74) is 3.09. The lowest BCUT2D eigenvalue weighted by Crippen LogP contribution is -2.46. The van der Waals surface area contributed by atoms with E-state index >= 15 is 0 Å². The maximum Gasteiger partial charge on any atom is 0.0437 e. The number of halogens is 1. The standard InChI is InChI=1S/C15H18ClN/c16-13-7-5-12(6-8-13)14-4-3-11-17-15(14)9-1-2-10-15/h4-8,17H,1-3,9-11H2. The Morgan fingerprint density at radius 1 is 1.06 bits per heavy atom. The summed E-state index contributed by atoms with van der Waals surface area (Å²) in [5.74, 6) is 0. The van der Waals surface area contributed by atoms with Crippen molar-refractivity contribution in [2.75, 3.05) is 6.54 Å². The molecule has 1 N–H and O–H groups in total. The predicted molar refractivity (Wildman–Crippen MR) is 73.2 cm³/mol. The number of rotatable bonds is 1. The van der Waals surface area contributed by atoms with Gasteiger partial charge in [0.1, 0.15) is 0 Å². The second-order valence-corrected chi connectivity index (χ2v) is 5.57. The van der Waals surface area contributed by atoms with Gasteiger partial charge < -0.3 is 5.32 Å². The van der Waals surface area contributed by atoms with Gasteiger partial charge in [-0.25, -0.2) is 0 Å². The maximum atomic E-state index is 5.97. The fourth-order valence-electron chi connectivity index (χ4n) is 3.27. The van der Waals surface area contributed by atoms with Crippen LogP contribution in [0.25, 0.3) is 5.57 Å². The molecule has 1 aromatic rings. The van der Waals surface area contributed by atoms with Crippen LogP contribution in [0.3, 0.4) is 0 Å². The topological polar surface area (TPSA) is 12.0 Å². The van der Waals surface area contributed by atoms with Crippen molar-refractivity contribution >= 4 is 17.2 Å². The Balaban J connectivity index is 1.99. The van der Waals surface area contributed by atoms with Gasteiger partial charge in [0.15, 0.2) is 0 Å². The highest BCUT2D eigenvalue weighted by Gasteiger charge is 2.38. The molecule has 0 saturated heterocycles. The molecule has 1 fully saturated rings. The summed E-state index contributed by atoms with van der Waals surface area (Å²) in [7, 11) is 0. The fraction of sp³-hybridized carbons (Fsp3) is 0.467. The van der Waals surface area contributed by atoms with E-state index in [1.165, 1.54) is 36.8 Å². The molecule has 1 aromatic carbocycles. The van der Waals surface area contributed by atoms with Crippen molar-refractivity contribution in [3.8, 4) is 0 Å². The molecule has 0 amide bonds. The average molecular weight is 248 g/mol. The molecule has 1 aliphatic carbocycles. The summed E-state index contributed by atoms with van der Waals surface area (Å²) >= 11 is 5.97. The number of hydrogen-bond donors (Lipinski definition) is 1. The Hall–Kier alpha value is -0.790. The van der Waals surface area contributed by atoms with Gasteiger partial charge in [-0.2, -0.15) is 0 Å². The summed E-state index contributed by atoms with van der Waals surface area (Å²) in [5, 5.41) is 4.57. The second kappa shape index (κ2) is 4.47. The molecule has 1 nitrogen and oxygen atoms in total. The first kappa shape index (κ1) is 11.3. The van der Waals surface area contributed by atoms with Gasteiger partial charge in [0.05, 0.1) is 0 Å². The summed E-state index contributed by atoms with van der Waals surface area (Å²) in [4.78, 5) is 0. The summed E-state index contributed by atoms with van der Waals surface area (Å²) in [6.07, 6.45) is 8.81. The quantitative estimate of drug-likeness (QED) is 0.790. The largest absolute Gasteiger partial charge is 0.307 e. The van der Waals surface area contributed by atoms with Crippen LogP contribution in [0.2, 0.25) is 5.02 Å². The van der Waals surface area contributed by atoms with E-state index in [0.717, 1.165) is 18.0 Å². The SMILES string of the molecule is Clc1ccc(C2=CCCNC23CCCC3)cc1. The van der Waals surface area contributed by atoms with Crippen molar-refractivity contribution in [2.24, 2.45) is 0 Å². The zero-order valence-corrected chi connectivity index (χ0v) is 10.8. The van der Waals surface area contributed by atoms with Gasteiger partial charge in [-0.3, -0.25) is 0 Å². The molecule has 90 valence electrons. The zero-order chi connectivity index (χ0) is 11.7. The van der Waals surface area contributed by atoms with E-state index in [1.807, 2.05) is 12.1 Å². The molecule has 3 rings (SSSR count). The van der Waals surface area contributed by atoms with Crippen LogP contribution in [-0.2, 0) is 0 Å². The van der Waals surface area contributed by atoms with E-state index in [9.17, 15) is 0 Å². The van der Waals surface area contributed by atoms with Gasteiger partial charge >= 0.3 is 0 Å². The molecule has 0 radical (unpaired) electrons. The Kier molecular flexibility index (Phi) is 2.97. The van der Waals surface area contributed by atoms with Crippen molar-refractivity contribution in [3.63, 3.8) is 0 Å². The third-order valence-corrected chi connectivity index (χ3v) is 4.34. The van der Waals surface area contributed by atoms with Crippen molar-refractivity contribution in [2.45, 2.75) is 37.6 Å². The van der Waals surface area contributed by atoms with Gasteiger partial charge in [0.2, 0.25) is 0 Å². The minimum atomic E-state index is 0.256. The van der Waals surface area contributed by atoms with Crippen molar-refractivity contribution in [1.29, 1.82) is 0 Å². The maximum absolute atomic E-state index is 5.97. The third kappa shape index (κ3) is 2.02. The first-order valence-electron chi connectivity index (χ1n) is 6.52. The zero-order valence-electron chi connectivity index (χ0n) is 10.0. The normalized spacial score (nSPS) is 22.8. The molecule has 17 heavy (non-hydrogen) atoms. The highest BCUT2D eigenvalue weighted by Crippen LogP contribution is 2.42. The van der Waals surface area contributed by atoms with Crippen LogP contribution < -0.4 is 5.32 Å². The van der Waals surface area contributed by atoms with E-state index in [-0.39, 0.29) is 5.54 Å². The van der Waals surface area contributed by atoms with Gasteiger partial charge in [0.25, 0.3) is 0 Å². The van der Waals surface area contributed by atoms with Gasteiger partial charge in [0, 0.05) is 10.6 Å². The molecule has 1 aliphatic heterocycles. The Labute approximate surface area is 108 Å². The smallest absolute Gasteiger partial charge is 0.0437 e. The molecular weight excluding hydrogens is 230 g/mol. The second-order valence-electron chi connectivity index (χ2n) is 5.13. The predicted octanol–water partition coefficient (Wildman–Crippen LogP) is 4.03. The number of benzene rings is 1. The highest BCUT2D eigenvalue weighted by atomic mass is 35.5. The Morgan fingerprint density at radius 2 is 1.76 bits per heavy atom. The molecule has 1 spiro atoms. The molecular formula is C15H18ClN. The Morgan fingerprint density at radius 3 is 2.47 bits per heavy atom. The molecule has 0 unspecified atom stereocenters. The van der Waals surface area contributed by atoms with E-state index in [2.05, 4.69) is 23.5 Å². The number of hydrogen-bond acceptors (Lipinski definition) is 1. The fourth-order valence-corrected chi connectivity index (χ4v) is 3.39. The average Bonchev–Trinajstić information content (AvgIpc) is 2.80. The van der Waals surface area contributed by atoms with E-state index in [4.69, 9.17) is 11.6 Å². The summed E-state index contributed by atoms with van der Waals surface area (Å²) in [6.45, 7) is 1.12. The molecule has 2 heteroatoms. The van der Waals surface area contributed by atoms with Gasteiger partial charge in [-0.1, -0.05) is 42.7 Å². The lowest BCUT2D eigenvalue weighted by Gasteiger charge is -2.37. The molecule has 0 aromatic heterocycles.